The highest BCUT2D eigenvalue weighted by Gasteiger charge is 2.07. The lowest BCUT2D eigenvalue weighted by atomic mass is 10.4. The number of quaternary nitrogens is 1. The molecule has 0 saturated heterocycles. The summed E-state index contributed by atoms with van der Waals surface area (Å²) in [5, 5.41) is 11.4. The predicted molar refractivity (Wildman–Crippen MR) is 37.8 cm³/mol. The Morgan fingerprint density at radius 3 is 2.00 bits per heavy atom. The van der Waals surface area contributed by atoms with E-state index in [-0.39, 0.29) is 0 Å². The molecule has 0 radical (unpaired) electrons. The molecule has 0 aromatic carbocycles. The van der Waals surface area contributed by atoms with Crippen LogP contribution in [0.25, 0.3) is 0 Å². The molecule has 0 unspecified atom stereocenters. The lowest BCUT2D eigenvalue weighted by Gasteiger charge is -2.22. The summed E-state index contributed by atoms with van der Waals surface area (Å²) in [6.07, 6.45) is 0. The first kappa shape index (κ1) is 8.43. The van der Waals surface area contributed by atoms with Crippen molar-refractivity contribution >= 4 is 5.71 Å². The maximum Gasteiger partial charge on any atom is 0.120 e. The summed E-state index contributed by atoms with van der Waals surface area (Å²) in [6.45, 7) is 2.60. The van der Waals surface area contributed by atoms with Crippen molar-refractivity contribution in [1.82, 2.24) is 0 Å². The van der Waals surface area contributed by atoms with Gasteiger partial charge in [0, 0.05) is 0 Å². The number of rotatable bonds is 2. The van der Waals surface area contributed by atoms with Crippen molar-refractivity contribution in [2.24, 2.45) is 5.16 Å². The van der Waals surface area contributed by atoms with E-state index in [0.29, 0.717) is 0 Å². The van der Waals surface area contributed by atoms with E-state index in [4.69, 9.17) is 5.21 Å². The summed E-state index contributed by atoms with van der Waals surface area (Å²) in [5.41, 5.74) is 0.766. The fraction of sp³-hybridized carbons (Fsp3) is 0.833. The second kappa shape index (κ2) is 2.82. The lowest BCUT2D eigenvalue weighted by molar-refractivity contribution is -0.861. The molecule has 1 N–H and O–H groups in total. The molecule has 0 aromatic heterocycles. The SMILES string of the molecule is CC(C[N+](C)(C)C)=NO. The van der Waals surface area contributed by atoms with Crippen LogP contribution < -0.4 is 0 Å². The maximum absolute atomic E-state index is 8.28. The molecule has 0 spiro atoms. The second-order valence-electron chi connectivity index (χ2n) is 3.28. The number of nitrogens with zero attached hydrogens (tertiary/aromatic N) is 2. The van der Waals surface area contributed by atoms with Gasteiger partial charge in [0.25, 0.3) is 0 Å². The van der Waals surface area contributed by atoms with Gasteiger partial charge in [-0.25, -0.2) is 0 Å². The summed E-state index contributed by atoms with van der Waals surface area (Å²) >= 11 is 0. The van der Waals surface area contributed by atoms with Crippen LogP contribution >= 0.6 is 0 Å². The molecule has 0 amide bonds. The molecule has 0 rings (SSSR count). The topological polar surface area (TPSA) is 32.6 Å². The molecule has 0 heterocycles. The standard InChI is InChI=1S/C6H14N2O/c1-6(7-9)5-8(2,3)4/h5H2,1-4H3/p+1. The van der Waals surface area contributed by atoms with E-state index in [1.54, 1.807) is 0 Å². The van der Waals surface area contributed by atoms with Crippen molar-refractivity contribution in [2.75, 3.05) is 27.7 Å². The van der Waals surface area contributed by atoms with Crippen molar-refractivity contribution in [3.8, 4) is 0 Å². The van der Waals surface area contributed by atoms with Crippen LogP contribution in [0.5, 0.6) is 0 Å². The van der Waals surface area contributed by atoms with E-state index in [0.717, 1.165) is 16.7 Å². The molecular formula is C6H15N2O+. The molecule has 3 nitrogen and oxygen atoms in total. The van der Waals surface area contributed by atoms with Crippen LogP contribution in [0.3, 0.4) is 0 Å². The summed E-state index contributed by atoms with van der Waals surface area (Å²) in [4.78, 5) is 0. The zero-order valence-electron chi connectivity index (χ0n) is 6.55. The van der Waals surface area contributed by atoms with Gasteiger partial charge in [0.1, 0.15) is 12.3 Å². The smallest absolute Gasteiger partial charge is 0.120 e. The highest BCUT2D eigenvalue weighted by atomic mass is 16.4. The molecule has 0 aromatic rings. The van der Waals surface area contributed by atoms with Crippen LogP contribution in [-0.4, -0.2) is 43.1 Å². The van der Waals surface area contributed by atoms with Gasteiger partial charge in [-0.3, -0.25) is 0 Å². The van der Waals surface area contributed by atoms with Crippen molar-refractivity contribution in [3.63, 3.8) is 0 Å². The van der Waals surface area contributed by atoms with Gasteiger partial charge in [-0.15, -0.1) is 0 Å². The molecule has 3 heteroatoms. The quantitative estimate of drug-likeness (QED) is 0.252. The molecule has 0 bridgehead atoms. The summed E-state index contributed by atoms with van der Waals surface area (Å²) in [7, 11) is 6.15. The minimum absolute atomic E-state index is 0.766. The minimum atomic E-state index is 0.766. The number of hydrogen-bond donors (Lipinski definition) is 1. The first-order valence-electron chi connectivity index (χ1n) is 2.94. The molecule has 0 aliphatic carbocycles. The first-order chi connectivity index (χ1) is 3.95. The Kier molecular flexibility index (Phi) is 2.65. The van der Waals surface area contributed by atoms with E-state index >= 15 is 0 Å². The van der Waals surface area contributed by atoms with Crippen LogP contribution in [0.4, 0.5) is 0 Å². The highest BCUT2D eigenvalue weighted by Crippen LogP contribution is 1.89. The molecule has 0 aliphatic rings. The van der Waals surface area contributed by atoms with Crippen molar-refractivity contribution in [3.05, 3.63) is 0 Å². The van der Waals surface area contributed by atoms with E-state index in [1.165, 1.54) is 0 Å². The second-order valence-corrected chi connectivity index (χ2v) is 3.28. The maximum atomic E-state index is 8.28. The van der Waals surface area contributed by atoms with E-state index < -0.39 is 0 Å². The largest absolute Gasteiger partial charge is 0.411 e. The zero-order chi connectivity index (χ0) is 7.49. The van der Waals surface area contributed by atoms with E-state index in [2.05, 4.69) is 26.3 Å². The summed E-state index contributed by atoms with van der Waals surface area (Å²) < 4.78 is 0.801. The fourth-order valence-corrected chi connectivity index (χ4v) is 0.718. The Balaban J connectivity index is 3.75. The van der Waals surface area contributed by atoms with Gasteiger partial charge in [0.2, 0.25) is 0 Å². The van der Waals surface area contributed by atoms with Crippen LogP contribution in [-0.2, 0) is 0 Å². The Hall–Kier alpha value is -0.570. The number of hydrogen-bond acceptors (Lipinski definition) is 2. The number of oxime groups is 1. The normalized spacial score (nSPS) is 14.0. The Bertz CT molecular complexity index is 113. The Morgan fingerprint density at radius 2 is 1.89 bits per heavy atom. The Labute approximate surface area is 56.2 Å². The van der Waals surface area contributed by atoms with Gasteiger partial charge in [0.15, 0.2) is 0 Å². The molecule has 0 aliphatic heterocycles. The van der Waals surface area contributed by atoms with Gasteiger partial charge in [0.05, 0.1) is 21.1 Å². The molecule has 0 fully saturated rings. The lowest BCUT2D eigenvalue weighted by Crippen LogP contribution is -2.38. The predicted octanol–water partition coefficient (Wildman–Crippen LogP) is 0.543. The fourth-order valence-electron chi connectivity index (χ4n) is 0.718. The average Bonchev–Trinajstić information content (AvgIpc) is 1.62. The monoisotopic (exact) mass is 131 g/mol. The van der Waals surface area contributed by atoms with Crippen molar-refractivity contribution in [1.29, 1.82) is 0 Å². The third kappa shape index (κ3) is 5.30. The van der Waals surface area contributed by atoms with Gasteiger partial charge >= 0.3 is 0 Å². The van der Waals surface area contributed by atoms with Crippen molar-refractivity contribution < 1.29 is 9.69 Å². The van der Waals surface area contributed by atoms with E-state index in [9.17, 15) is 0 Å². The van der Waals surface area contributed by atoms with Gasteiger partial charge in [-0.05, 0) is 6.92 Å². The van der Waals surface area contributed by atoms with Gasteiger partial charge < -0.3 is 9.69 Å². The van der Waals surface area contributed by atoms with Crippen LogP contribution in [0.15, 0.2) is 5.16 Å². The van der Waals surface area contributed by atoms with Crippen molar-refractivity contribution in [2.45, 2.75) is 6.92 Å². The minimum Gasteiger partial charge on any atom is -0.411 e. The van der Waals surface area contributed by atoms with Crippen LogP contribution in [0.1, 0.15) is 6.92 Å². The van der Waals surface area contributed by atoms with E-state index in [1.807, 2.05) is 6.92 Å². The first-order valence-corrected chi connectivity index (χ1v) is 2.94. The average molecular weight is 131 g/mol. The Morgan fingerprint density at radius 1 is 1.44 bits per heavy atom. The molecule has 0 atom stereocenters. The molecular weight excluding hydrogens is 116 g/mol. The van der Waals surface area contributed by atoms with Gasteiger partial charge in [-0.1, -0.05) is 5.16 Å². The molecule has 9 heavy (non-hydrogen) atoms. The summed E-state index contributed by atoms with van der Waals surface area (Å²) in [6, 6.07) is 0. The highest BCUT2D eigenvalue weighted by molar-refractivity contribution is 5.82. The summed E-state index contributed by atoms with van der Waals surface area (Å²) in [5.74, 6) is 0. The zero-order valence-corrected chi connectivity index (χ0v) is 6.55. The van der Waals surface area contributed by atoms with Crippen LogP contribution in [0.2, 0.25) is 0 Å². The third-order valence-electron chi connectivity index (χ3n) is 0.874. The third-order valence-corrected chi connectivity index (χ3v) is 0.874. The molecule has 54 valence electrons. The van der Waals surface area contributed by atoms with Crippen LogP contribution in [0, 0.1) is 0 Å². The van der Waals surface area contributed by atoms with Gasteiger partial charge in [-0.2, -0.15) is 0 Å². The molecule has 0 saturated carbocycles.